The lowest BCUT2D eigenvalue weighted by molar-refractivity contribution is -0.0500. The van der Waals surface area contributed by atoms with Crippen LogP contribution in [0.2, 0.25) is 10.0 Å². The Kier molecular flexibility index (Phi) is 9.58. The van der Waals surface area contributed by atoms with E-state index < -0.39 is 12.6 Å². The summed E-state index contributed by atoms with van der Waals surface area (Å²) in [5, 5.41) is 5.08. The molecule has 0 aliphatic heterocycles. The molecule has 0 unspecified atom stereocenters. The minimum atomic E-state index is -3.02. The smallest absolute Gasteiger partial charge is 0.387 e. The van der Waals surface area contributed by atoms with Crippen LogP contribution >= 0.6 is 23.2 Å². The third-order valence-corrected chi connectivity index (χ3v) is 6.46. The average Bonchev–Trinajstić information content (AvgIpc) is 3.65. The van der Waals surface area contributed by atoms with Crippen LogP contribution in [0.1, 0.15) is 66.1 Å². The molecule has 0 saturated heterocycles. The Labute approximate surface area is 228 Å². The quantitative estimate of drug-likeness (QED) is 0.153. The number of ether oxygens (including phenoxy) is 3. The summed E-state index contributed by atoms with van der Waals surface area (Å²) in [6.45, 7) is -2.67. The van der Waals surface area contributed by atoms with Crippen molar-refractivity contribution in [3.8, 4) is 22.8 Å². The summed E-state index contributed by atoms with van der Waals surface area (Å²) in [7, 11) is 1.21. The molecule has 3 aromatic rings. The number of esters is 1. The van der Waals surface area contributed by atoms with Gasteiger partial charge in [0.15, 0.2) is 0 Å². The molecule has 0 radical (unpaired) electrons. The van der Waals surface area contributed by atoms with Crippen LogP contribution in [0.15, 0.2) is 41.2 Å². The molecule has 0 N–H and O–H groups in total. The van der Waals surface area contributed by atoms with Crippen LogP contribution in [-0.2, 0) is 4.74 Å². The largest absolute Gasteiger partial charge is 0.493 e. The van der Waals surface area contributed by atoms with Crippen LogP contribution in [0.5, 0.6) is 11.5 Å². The SMILES string of the molecule is COC(=O)c1cc(OCCCCC/C=C/c2c(-c3c(Cl)cncc3Cl)noc2C2CC2)cc(OC(F)F)c1. The van der Waals surface area contributed by atoms with Crippen LogP contribution in [0.25, 0.3) is 17.3 Å². The monoisotopic (exact) mass is 566 g/mol. The Bertz CT molecular complexity index is 1270. The van der Waals surface area contributed by atoms with E-state index in [1.54, 1.807) is 0 Å². The zero-order valence-electron chi connectivity index (χ0n) is 20.6. The van der Waals surface area contributed by atoms with Crippen LogP contribution in [0.3, 0.4) is 0 Å². The van der Waals surface area contributed by atoms with E-state index in [9.17, 15) is 13.6 Å². The number of methoxy groups -OCH3 is 1. The van der Waals surface area contributed by atoms with E-state index in [1.165, 1.54) is 37.7 Å². The predicted octanol–water partition coefficient (Wildman–Crippen LogP) is 7.96. The first kappa shape index (κ1) is 27.9. The number of unbranched alkanes of at least 4 members (excludes halogenated alkanes) is 3. The van der Waals surface area contributed by atoms with Gasteiger partial charge in [0.1, 0.15) is 23.0 Å². The molecule has 7 nitrogen and oxygen atoms in total. The summed E-state index contributed by atoms with van der Waals surface area (Å²) in [6.07, 6.45) is 12.6. The van der Waals surface area contributed by atoms with Gasteiger partial charge in [-0.25, -0.2) is 4.79 Å². The third kappa shape index (κ3) is 7.23. The summed E-state index contributed by atoms with van der Waals surface area (Å²) in [4.78, 5) is 15.8. The molecule has 0 amide bonds. The number of rotatable bonds is 13. The molecule has 2 aromatic heterocycles. The number of benzene rings is 1. The van der Waals surface area contributed by atoms with Gasteiger partial charge in [-0.15, -0.1) is 0 Å². The Hall–Kier alpha value is -3.17. The van der Waals surface area contributed by atoms with Gasteiger partial charge in [0.25, 0.3) is 0 Å². The van der Waals surface area contributed by atoms with Crippen LogP contribution < -0.4 is 9.47 Å². The maximum absolute atomic E-state index is 12.6. The summed E-state index contributed by atoms with van der Waals surface area (Å²) in [5.74, 6) is 0.617. The molecule has 0 spiro atoms. The number of alkyl halides is 2. The molecule has 0 atom stereocenters. The second-order valence-corrected chi connectivity index (χ2v) is 9.54. The van der Waals surface area contributed by atoms with Crippen LogP contribution in [0, 0.1) is 0 Å². The minimum Gasteiger partial charge on any atom is -0.493 e. The summed E-state index contributed by atoms with van der Waals surface area (Å²) < 4.78 is 45.6. The van der Waals surface area contributed by atoms with Crippen molar-refractivity contribution >= 4 is 35.2 Å². The van der Waals surface area contributed by atoms with E-state index >= 15 is 0 Å². The highest BCUT2D eigenvalue weighted by Crippen LogP contribution is 2.46. The number of nitrogens with zero attached hydrogens (tertiary/aromatic N) is 2. The fourth-order valence-electron chi connectivity index (χ4n) is 3.92. The standard InChI is InChI=1S/C27H26Cl2F2N2O5/c1-35-26(34)17-11-18(13-19(12-17)37-27(30)31)36-10-6-4-2-3-5-7-20-24(33-38-25(20)16-8-9-16)23-21(28)14-32-15-22(23)29/h5,7,11-16,27H,2-4,6,8-10H2,1H3/b7-5+. The van der Waals surface area contributed by atoms with Crippen molar-refractivity contribution in [2.75, 3.05) is 13.7 Å². The van der Waals surface area contributed by atoms with E-state index in [0.717, 1.165) is 49.8 Å². The van der Waals surface area contributed by atoms with E-state index in [4.69, 9.17) is 32.5 Å². The number of halogens is 4. The lowest BCUT2D eigenvalue weighted by atomic mass is 10.0. The van der Waals surface area contributed by atoms with Gasteiger partial charge in [-0.2, -0.15) is 8.78 Å². The molecular weight excluding hydrogens is 541 g/mol. The molecular formula is C27H26Cl2F2N2O5. The Morgan fingerprint density at radius 2 is 1.87 bits per heavy atom. The minimum absolute atomic E-state index is 0.0683. The summed E-state index contributed by atoms with van der Waals surface area (Å²) in [5.41, 5.74) is 2.17. The van der Waals surface area contributed by atoms with Crippen molar-refractivity contribution in [3.63, 3.8) is 0 Å². The molecule has 38 heavy (non-hydrogen) atoms. The van der Waals surface area contributed by atoms with Crippen LogP contribution in [0.4, 0.5) is 8.78 Å². The molecule has 1 aromatic carbocycles. The number of hydrogen-bond acceptors (Lipinski definition) is 7. The number of carbonyl (C=O) groups is 1. The molecule has 202 valence electrons. The fourth-order valence-corrected chi connectivity index (χ4v) is 4.47. The van der Waals surface area contributed by atoms with Crippen molar-refractivity contribution in [1.29, 1.82) is 0 Å². The van der Waals surface area contributed by atoms with Gasteiger partial charge in [0.2, 0.25) is 0 Å². The van der Waals surface area contributed by atoms with Crippen molar-refractivity contribution in [2.24, 2.45) is 0 Å². The van der Waals surface area contributed by atoms with Gasteiger partial charge in [-0.1, -0.05) is 40.5 Å². The second-order valence-electron chi connectivity index (χ2n) is 8.72. The Balaban J connectivity index is 1.30. The highest BCUT2D eigenvalue weighted by molar-refractivity contribution is 6.39. The van der Waals surface area contributed by atoms with Crippen LogP contribution in [-0.4, -0.2) is 36.4 Å². The third-order valence-electron chi connectivity index (χ3n) is 5.89. The number of allylic oxidation sites excluding steroid dienone is 1. The number of pyridine rings is 1. The molecule has 0 bridgehead atoms. The van der Waals surface area contributed by atoms with Crippen molar-refractivity contribution in [3.05, 3.63) is 63.6 Å². The van der Waals surface area contributed by atoms with E-state index in [-0.39, 0.29) is 17.1 Å². The Morgan fingerprint density at radius 3 is 2.55 bits per heavy atom. The lowest BCUT2D eigenvalue weighted by Crippen LogP contribution is -2.07. The topological polar surface area (TPSA) is 83.7 Å². The molecule has 2 heterocycles. The van der Waals surface area contributed by atoms with Gasteiger partial charge in [0.05, 0.1) is 29.3 Å². The lowest BCUT2D eigenvalue weighted by Gasteiger charge is -2.11. The van der Waals surface area contributed by atoms with E-state index in [0.29, 0.717) is 33.8 Å². The van der Waals surface area contributed by atoms with Gasteiger partial charge >= 0.3 is 12.6 Å². The Morgan fingerprint density at radius 1 is 1.13 bits per heavy atom. The van der Waals surface area contributed by atoms with Crippen molar-refractivity contribution < 1.29 is 32.3 Å². The van der Waals surface area contributed by atoms with Gasteiger partial charge in [-0.05, 0) is 50.7 Å². The zero-order chi connectivity index (χ0) is 27.1. The normalized spacial score (nSPS) is 13.3. The van der Waals surface area contributed by atoms with Crippen molar-refractivity contribution in [1.82, 2.24) is 10.1 Å². The second kappa shape index (κ2) is 13.1. The summed E-state index contributed by atoms with van der Waals surface area (Å²) >= 11 is 12.7. The molecule has 1 saturated carbocycles. The highest BCUT2D eigenvalue weighted by Gasteiger charge is 2.32. The molecule has 1 fully saturated rings. The number of carbonyl (C=O) groups excluding carboxylic acids is 1. The maximum atomic E-state index is 12.6. The predicted molar refractivity (Wildman–Crippen MR) is 139 cm³/mol. The molecule has 4 rings (SSSR count). The van der Waals surface area contributed by atoms with Crippen molar-refractivity contribution in [2.45, 2.75) is 51.1 Å². The average molecular weight is 567 g/mol. The first-order chi connectivity index (χ1) is 18.4. The maximum Gasteiger partial charge on any atom is 0.387 e. The molecule has 1 aliphatic carbocycles. The molecule has 11 heteroatoms. The van der Waals surface area contributed by atoms with Gasteiger partial charge in [-0.3, -0.25) is 4.98 Å². The zero-order valence-corrected chi connectivity index (χ0v) is 22.1. The summed E-state index contributed by atoms with van der Waals surface area (Å²) in [6, 6.07) is 3.93. The first-order valence-electron chi connectivity index (χ1n) is 12.1. The highest BCUT2D eigenvalue weighted by atomic mass is 35.5. The number of aromatic nitrogens is 2. The molecule has 1 aliphatic rings. The van der Waals surface area contributed by atoms with Gasteiger partial charge in [0, 0.05) is 35.5 Å². The van der Waals surface area contributed by atoms with E-state index in [2.05, 4.69) is 25.7 Å². The van der Waals surface area contributed by atoms with E-state index in [1.807, 2.05) is 6.08 Å². The fraction of sp³-hybridized carbons (Fsp3) is 0.370. The first-order valence-corrected chi connectivity index (χ1v) is 12.9. The van der Waals surface area contributed by atoms with Gasteiger partial charge < -0.3 is 18.7 Å². The number of hydrogen-bond donors (Lipinski definition) is 0.